The maximum absolute atomic E-state index is 11.9. The van der Waals surface area contributed by atoms with E-state index in [1.165, 1.54) is 23.6 Å². The zero-order valence-corrected chi connectivity index (χ0v) is 12.0. The molecule has 0 spiro atoms. The van der Waals surface area contributed by atoms with Crippen LogP contribution in [0.3, 0.4) is 0 Å². The summed E-state index contributed by atoms with van der Waals surface area (Å²) in [6.45, 7) is 5.17. The summed E-state index contributed by atoms with van der Waals surface area (Å²) >= 11 is 1.52. The van der Waals surface area contributed by atoms with E-state index in [0.717, 1.165) is 5.56 Å². The van der Waals surface area contributed by atoms with Gasteiger partial charge in [0.25, 0.3) is 0 Å². The highest BCUT2D eigenvalue weighted by Crippen LogP contribution is 2.52. The topological polar surface area (TPSA) is 57.6 Å². The first kappa shape index (κ1) is 13.9. The highest BCUT2D eigenvalue weighted by molar-refractivity contribution is 8.01. The fourth-order valence-electron chi connectivity index (χ4n) is 2.49. The lowest BCUT2D eigenvalue weighted by Crippen LogP contribution is -2.48. The minimum absolute atomic E-state index is 0.209. The number of aliphatic carboxylic acids is 1. The van der Waals surface area contributed by atoms with Crippen molar-refractivity contribution in [3.8, 4) is 0 Å². The zero-order chi connectivity index (χ0) is 14.2. The minimum Gasteiger partial charge on any atom is -0.480 e. The van der Waals surface area contributed by atoms with Crippen LogP contribution in [0.15, 0.2) is 30.3 Å². The van der Waals surface area contributed by atoms with Crippen LogP contribution < -0.4 is 0 Å². The van der Waals surface area contributed by atoms with E-state index < -0.39 is 16.8 Å². The molecular formula is C14H17NO3S. The lowest BCUT2D eigenvalue weighted by molar-refractivity contribution is -0.150. The Balaban J connectivity index is 2.45. The smallest absolute Gasteiger partial charge is 0.327 e. The fourth-order valence-corrected chi connectivity index (χ4v) is 4.08. The zero-order valence-electron chi connectivity index (χ0n) is 11.2. The van der Waals surface area contributed by atoms with E-state index >= 15 is 0 Å². The molecule has 1 aromatic rings. The average Bonchev–Trinajstić information content (AvgIpc) is 2.62. The van der Waals surface area contributed by atoms with E-state index in [1.54, 1.807) is 0 Å². The first-order valence-corrected chi connectivity index (χ1v) is 6.97. The van der Waals surface area contributed by atoms with Crippen molar-refractivity contribution >= 4 is 23.6 Å². The number of carboxylic acid groups (broad SMARTS) is 1. The second kappa shape index (κ2) is 4.89. The summed E-state index contributed by atoms with van der Waals surface area (Å²) in [6, 6.07) is 8.74. The van der Waals surface area contributed by atoms with Gasteiger partial charge in [0, 0.05) is 11.7 Å². The minimum atomic E-state index is -0.953. The predicted molar refractivity (Wildman–Crippen MR) is 74.8 cm³/mol. The van der Waals surface area contributed by atoms with Gasteiger partial charge in [0.1, 0.15) is 11.4 Å². The molecule has 102 valence electrons. The highest BCUT2D eigenvalue weighted by Gasteiger charge is 2.52. The summed E-state index contributed by atoms with van der Waals surface area (Å²) in [6.07, 6.45) is 0. The molecule has 0 bridgehead atoms. The molecule has 19 heavy (non-hydrogen) atoms. The van der Waals surface area contributed by atoms with Crippen LogP contribution in [0.5, 0.6) is 0 Å². The van der Waals surface area contributed by atoms with Gasteiger partial charge in [0.05, 0.1) is 0 Å². The molecule has 1 N–H and O–H groups in total. The molecule has 2 rings (SSSR count). The van der Waals surface area contributed by atoms with Gasteiger partial charge in [-0.3, -0.25) is 4.79 Å². The molecule has 2 atom stereocenters. The summed E-state index contributed by atoms with van der Waals surface area (Å²) in [5.41, 5.74) is 0.958. The maximum Gasteiger partial charge on any atom is 0.327 e. The van der Waals surface area contributed by atoms with Gasteiger partial charge in [-0.2, -0.15) is 0 Å². The first-order chi connectivity index (χ1) is 8.84. The molecule has 1 fully saturated rings. The molecule has 1 heterocycles. The van der Waals surface area contributed by atoms with E-state index in [4.69, 9.17) is 0 Å². The molecular weight excluding hydrogens is 262 g/mol. The Morgan fingerprint density at radius 3 is 2.32 bits per heavy atom. The third-order valence-corrected chi connectivity index (χ3v) is 4.84. The van der Waals surface area contributed by atoms with E-state index in [-0.39, 0.29) is 11.3 Å². The van der Waals surface area contributed by atoms with Crippen LogP contribution in [-0.2, 0) is 9.59 Å². The highest BCUT2D eigenvalue weighted by atomic mass is 32.2. The van der Waals surface area contributed by atoms with Gasteiger partial charge in [-0.1, -0.05) is 30.3 Å². The van der Waals surface area contributed by atoms with Gasteiger partial charge >= 0.3 is 5.97 Å². The van der Waals surface area contributed by atoms with Crippen molar-refractivity contribution in [1.82, 2.24) is 4.90 Å². The SMILES string of the molecule is CC(=O)N1[C@@H](c2ccccc2)SC(C)(C)[C@@H]1C(=O)O. The van der Waals surface area contributed by atoms with E-state index in [0.29, 0.717) is 0 Å². The summed E-state index contributed by atoms with van der Waals surface area (Å²) in [5, 5.41) is 9.18. The number of carbonyl (C=O) groups excluding carboxylic acids is 1. The van der Waals surface area contributed by atoms with Gasteiger partial charge in [0.15, 0.2) is 0 Å². The van der Waals surface area contributed by atoms with Gasteiger partial charge in [0.2, 0.25) is 5.91 Å². The average molecular weight is 279 g/mol. The second-order valence-corrected chi connectivity index (χ2v) is 6.89. The molecule has 1 aromatic carbocycles. The number of hydrogen-bond donors (Lipinski definition) is 1. The molecule has 1 saturated heterocycles. The van der Waals surface area contributed by atoms with E-state index in [1.807, 2.05) is 44.2 Å². The number of nitrogens with zero attached hydrogens (tertiary/aromatic N) is 1. The Kier molecular flexibility index (Phi) is 3.58. The van der Waals surface area contributed by atoms with Crippen LogP contribution >= 0.6 is 11.8 Å². The molecule has 1 amide bonds. The number of carboxylic acids is 1. The Hall–Kier alpha value is -1.49. The van der Waals surface area contributed by atoms with Crippen molar-refractivity contribution in [3.05, 3.63) is 35.9 Å². The molecule has 1 aliphatic heterocycles. The molecule has 5 heteroatoms. The molecule has 0 aliphatic carbocycles. The number of carbonyl (C=O) groups is 2. The summed E-state index contributed by atoms with van der Waals surface area (Å²) in [5.74, 6) is -1.16. The quantitative estimate of drug-likeness (QED) is 0.903. The molecule has 0 unspecified atom stereocenters. The van der Waals surface area contributed by atoms with Crippen molar-refractivity contribution < 1.29 is 14.7 Å². The van der Waals surface area contributed by atoms with Crippen molar-refractivity contribution in [2.24, 2.45) is 0 Å². The Morgan fingerprint density at radius 1 is 1.26 bits per heavy atom. The van der Waals surface area contributed by atoms with Crippen molar-refractivity contribution in [1.29, 1.82) is 0 Å². The number of rotatable bonds is 2. The van der Waals surface area contributed by atoms with E-state index in [2.05, 4.69) is 0 Å². The number of benzene rings is 1. The third-order valence-electron chi connectivity index (χ3n) is 3.29. The van der Waals surface area contributed by atoms with Crippen LogP contribution in [-0.4, -0.2) is 32.7 Å². The van der Waals surface area contributed by atoms with Crippen molar-refractivity contribution in [3.63, 3.8) is 0 Å². The summed E-state index contributed by atoms with van der Waals surface area (Å²) in [4.78, 5) is 24.9. The van der Waals surface area contributed by atoms with Crippen LogP contribution in [0.1, 0.15) is 31.7 Å². The Morgan fingerprint density at radius 2 is 1.84 bits per heavy atom. The Bertz CT molecular complexity index is 501. The van der Waals surface area contributed by atoms with Crippen molar-refractivity contribution in [2.75, 3.05) is 0 Å². The third kappa shape index (κ3) is 2.47. The first-order valence-electron chi connectivity index (χ1n) is 6.09. The molecule has 0 aromatic heterocycles. The van der Waals surface area contributed by atoms with Crippen LogP contribution in [0.25, 0.3) is 0 Å². The fraction of sp³-hybridized carbons (Fsp3) is 0.429. The Labute approximate surface area is 116 Å². The van der Waals surface area contributed by atoms with Gasteiger partial charge in [-0.05, 0) is 19.4 Å². The summed E-state index contributed by atoms with van der Waals surface area (Å²) < 4.78 is -0.516. The van der Waals surface area contributed by atoms with E-state index in [9.17, 15) is 14.7 Å². The second-order valence-electron chi connectivity index (χ2n) is 5.15. The lowest BCUT2D eigenvalue weighted by atomic mass is 10.0. The van der Waals surface area contributed by atoms with Crippen LogP contribution in [0.4, 0.5) is 0 Å². The van der Waals surface area contributed by atoms with Crippen LogP contribution in [0.2, 0.25) is 0 Å². The standard InChI is InChI=1S/C14H17NO3S/c1-9(16)15-11(13(17)18)14(2,3)19-12(15)10-7-5-4-6-8-10/h4-8,11-12H,1-3H3,(H,17,18)/t11-,12+/m0/s1. The molecule has 0 radical (unpaired) electrons. The van der Waals surface area contributed by atoms with Crippen molar-refractivity contribution in [2.45, 2.75) is 36.9 Å². The monoisotopic (exact) mass is 279 g/mol. The molecule has 1 aliphatic rings. The summed E-state index contributed by atoms with van der Waals surface area (Å²) in [7, 11) is 0. The lowest BCUT2D eigenvalue weighted by Gasteiger charge is -2.28. The normalized spacial score (nSPS) is 25.3. The number of thioether (sulfide) groups is 1. The van der Waals surface area contributed by atoms with Crippen LogP contribution in [0, 0.1) is 0 Å². The largest absolute Gasteiger partial charge is 0.480 e. The molecule has 4 nitrogen and oxygen atoms in total. The van der Waals surface area contributed by atoms with Gasteiger partial charge in [-0.15, -0.1) is 11.8 Å². The van der Waals surface area contributed by atoms with Gasteiger partial charge in [-0.25, -0.2) is 4.79 Å². The predicted octanol–water partition coefficient (Wildman–Crippen LogP) is 2.51. The number of hydrogen-bond acceptors (Lipinski definition) is 3. The maximum atomic E-state index is 11.9. The molecule has 0 saturated carbocycles. The van der Waals surface area contributed by atoms with Gasteiger partial charge < -0.3 is 10.0 Å². The number of amides is 1.